The Hall–Kier alpha value is -1.00. The second-order valence-corrected chi connectivity index (χ2v) is 3.36. The normalized spacial score (nSPS) is 10.6. The molecule has 0 fully saturated rings. The topological polar surface area (TPSA) is 32.3 Å². The average Bonchev–Trinajstić information content (AvgIpc) is 2.23. The maximum atomic E-state index is 12.8. The number of unbranched alkanes of at least 4 members (excludes halogenated alkanes) is 1. The highest BCUT2D eigenvalue weighted by Crippen LogP contribution is 2.08. The predicted octanol–water partition coefficient (Wildman–Crippen LogP) is 1.83. The van der Waals surface area contributed by atoms with Gasteiger partial charge in [-0.15, -0.1) is 0 Å². The van der Waals surface area contributed by atoms with Crippen LogP contribution in [0.15, 0.2) is 18.2 Å². The second kappa shape index (κ2) is 6.48. The van der Waals surface area contributed by atoms with Gasteiger partial charge in [0.05, 0.1) is 0 Å². The van der Waals surface area contributed by atoms with E-state index in [0.29, 0.717) is 6.54 Å². The van der Waals surface area contributed by atoms with Gasteiger partial charge < -0.3 is 10.4 Å². The van der Waals surface area contributed by atoms with Crippen molar-refractivity contribution in [3.63, 3.8) is 0 Å². The van der Waals surface area contributed by atoms with Crippen molar-refractivity contribution in [1.29, 1.82) is 0 Å². The lowest BCUT2D eigenvalue weighted by Gasteiger charge is -2.04. The fourth-order valence-electron chi connectivity index (χ4n) is 1.24. The van der Waals surface area contributed by atoms with Crippen LogP contribution in [-0.2, 0) is 6.54 Å². The maximum Gasteiger partial charge on any atom is 0.159 e. The van der Waals surface area contributed by atoms with Crippen molar-refractivity contribution in [2.24, 2.45) is 0 Å². The molecular weight excluding hydrogens is 200 g/mol. The van der Waals surface area contributed by atoms with Crippen molar-refractivity contribution in [1.82, 2.24) is 5.32 Å². The highest BCUT2D eigenvalue weighted by atomic mass is 19.2. The standard InChI is InChI=1S/C11H15F2NO/c12-10-4-3-9(7-11(10)13)8-14-5-1-2-6-15/h3-4,7,14-15H,1-2,5-6,8H2. The number of aliphatic hydroxyl groups is 1. The Morgan fingerprint density at radius 3 is 2.60 bits per heavy atom. The van der Waals surface area contributed by atoms with E-state index in [-0.39, 0.29) is 6.61 Å². The monoisotopic (exact) mass is 215 g/mol. The Balaban J connectivity index is 2.28. The van der Waals surface area contributed by atoms with Crippen LogP contribution in [0.25, 0.3) is 0 Å². The van der Waals surface area contributed by atoms with Gasteiger partial charge in [-0.2, -0.15) is 0 Å². The third-order valence-electron chi connectivity index (χ3n) is 2.07. The van der Waals surface area contributed by atoms with Gasteiger partial charge >= 0.3 is 0 Å². The lowest BCUT2D eigenvalue weighted by Crippen LogP contribution is -2.15. The minimum Gasteiger partial charge on any atom is -0.396 e. The van der Waals surface area contributed by atoms with Gasteiger partial charge in [-0.3, -0.25) is 0 Å². The van der Waals surface area contributed by atoms with E-state index in [1.54, 1.807) is 6.07 Å². The van der Waals surface area contributed by atoms with Gasteiger partial charge in [0.25, 0.3) is 0 Å². The van der Waals surface area contributed by atoms with E-state index < -0.39 is 11.6 Å². The summed E-state index contributed by atoms with van der Waals surface area (Å²) in [5.74, 6) is -1.64. The molecule has 1 rings (SSSR count). The van der Waals surface area contributed by atoms with E-state index in [0.717, 1.165) is 31.0 Å². The first-order valence-electron chi connectivity index (χ1n) is 4.99. The molecule has 0 amide bonds. The van der Waals surface area contributed by atoms with Crippen molar-refractivity contribution in [2.75, 3.05) is 13.2 Å². The van der Waals surface area contributed by atoms with Gasteiger partial charge in [0.2, 0.25) is 0 Å². The molecule has 4 heteroatoms. The minimum atomic E-state index is -0.820. The van der Waals surface area contributed by atoms with Crippen molar-refractivity contribution < 1.29 is 13.9 Å². The summed E-state index contributed by atoms with van der Waals surface area (Å²) in [5, 5.41) is 11.6. The van der Waals surface area contributed by atoms with Crippen LogP contribution in [0.5, 0.6) is 0 Å². The molecule has 84 valence electrons. The van der Waals surface area contributed by atoms with Crippen LogP contribution in [0.4, 0.5) is 8.78 Å². The fraction of sp³-hybridized carbons (Fsp3) is 0.455. The molecular formula is C11H15F2NO. The van der Waals surface area contributed by atoms with Crippen molar-refractivity contribution in [3.05, 3.63) is 35.4 Å². The van der Waals surface area contributed by atoms with Crippen LogP contribution >= 0.6 is 0 Å². The Bertz CT molecular complexity index is 305. The fourth-order valence-corrected chi connectivity index (χ4v) is 1.24. The number of halogens is 2. The minimum absolute atomic E-state index is 0.187. The molecule has 1 aromatic carbocycles. The van der Waals surface area contributed by atoms with E-state index in [1.807, 2.05) is 0 Å². The highest BCUT2D eigenvalue weighted by molar-refractivity contribution is 5.17. The van der Waals surface area contributed by atoms with Crippen molar-refractivity contribution in [3.8, 4) is 0 Å². The second-order valence-electron chi connectivity index (χ2n) is 3.36. The molecule has 0 heterocycles. The van der Waals surface area contributed by atoms with Gasteiger partial charge in [0.15, 0.2) is 11.6 Å². The Kier molecular flexibility index (Phi) is 5.21. The Morgan fingerprint density at radius 1 is 1.13 bits per heavy atom. The number of rotatable bonds is 6. The molecule has 0 unspecified atom stereocenters. The zero-order chi connectivity index (χ0) is 11.1. The van der Waals surface area contributed by atoms with Crippen LogP contribution in [0.2, 0.25) is 0 Å². The molecule has 15 heavy (non-hydrogen) atoms. The molecule has 1 aromatic rings. The number of aliphatic hydroxyl groups excluding tert-OH is 1. The number of nitrogens with one attached hydrogen (secondary N) is 1. The van der Waals surface area contributed by atoms with E-state index in [9.17, 15) is 8.78 Å². The van der Waals surface area contributed by atoms with Gasteiger partial charge in [0.1, 0.15) is 0 Å². The Labute approximate surface area is 87.9 Å². The Morgan fingerprint density at radius 2 is 1.93 bits per heavy atom. The van der Waals surface area contributed by atoms with Crippen LogP contribution in [0, 0.1) is 11.6 Å². The summed E-state index contributed by atoms with van der Waals surface area (Å²) in [6, 6.07) is 3.87. The summed E-state index contributed by atoms with van der Waals surface area (Å²) in [6.45, 7) is 1.47. The molecule has 0 spiro atoms. The molecule has 0 radical (unpaired) electrons. The largest absolute Gasteiger partial charge is 0.396 e. The molecule has 0 aliphatic carbocycles. The highest BCUT2D eigenvalue weighted by Gasteiger charge is 2.01. The average molecular weight is 215 g/mol. The van der Waals surface area contributed by atoms with Crippen LogP contribution in [0.1, 0.15) is 18.4 Å². The molecule has 0 atom stereocenters. The van der Waals surface area contributed by atoms with Crippen molar-refractivity contribution in [2.45, 2.75) is 19.4 Å². The molecule has 0 saturated carbocycles. The SMILES string of the molecule is OCCCCNCc1ccc(F)c(F)c1. The van der Waals surface area contributed by atoms with Gasteiger partial charge in [-0.1, -0.05) is 6.07 Å². The lowest BCUT2D eigenvalue weighted by molar-refractivity contribution is 0.283. The smallest absolute Gasteiger partial charge is 0.159 e. The summed E-state index contributed by atoms with van der Waals surface area (Å²) < 4.78 is 25.3. The lowest BCUT2D eigenvalue weighted by atomic mass is 10.2. The van der Waals surface area contributed by atoms with E-state index in [4.69, 9.17) is 5.11 Å². The quantitative estimate of drug-likeness (QED) is 0.709. The first kappa shape index (κ1) is 12.1. The molecule has 2 nitrogen and oxygen atoms in total. The van der Waals surface area contributed by atoms with Crippen LogP contribution in [-0.4, -0.2) is 18.3 Å². The number of benzene rings is 1. The first-order chi connectivity index (χ1) is 7.24. The summed E-state index contributed by atoms with van der Waals surface area (Å²) >= 11 is 0. The summed E-state index contributed by atoms with van der Waals surface area (Å²) in [6.07, 6.45) is 1.63. The van der Waals surface area contributed by atoms with Crippen molar-refractivity contribution >= 4 is 0 Å². The zero-order valence-corrected chi connectivity index (χ0v) is 8.47. The summed E-state index contributed by atoms with van der Waals surface area (Å²) in [4.78, 5) is 0. The number of hydrogen-bond donors (Lipinski definition) is 2. The van der Waals surface area contributed by atoms with Gasteiger partial charge in [-0.25, -0.2) is 8.78 Å². The van der Waals surface area contributed by atoms with Crippen LogP contribution < -0.4 is 5.32 Å². The van der Waals surface area contributed by atoms with E-state index in [1.165, 1.54) is 6.07 Å². The van der Waals surface area contributed by atoms with Gasteiger partial charge in [0, 0.05) is 13.2 Å². The summed E-state index contributed by atoms with van der Waals surface area (Å²) in [5.41, 5.74) is 0.720. The number of hydrogen-bond acceptors (Lipinski definition) is 2. The summed E-state index contributed by atoms with van der Waals surface area (Å²) in [7, 11) is 0. The van der Waals surface area contributed by atoms with Crippen LogP contribution in [0.3, 0.4) is 0 Å². The maximum absolute atomic E-state index is 12.8. The molecule has 0 aromatic heterocycles. The zero-order valence-electron chi connectivity index (χ0n) is 8.47. The molecule has 2 N–H and O–H groups in total. The molecule has 0 saturated heterocycles. The third-order valence-corrected chi connectivity index (χ3v) is 2.07. The molecule has 0 aliphatic heterocycles. The molecule has 0 aliphatic rings. The van der Waals surface area contributed by atoms with E-state index >= 15 is 0 Å². The predicted molar refractivity (Wildman–Crippen MR) is 54.4 cm³/mol. The first-order valence-corrected chi connectivity index (χ1v) is 4.99. The third kappa shape index (κ3) is 4.36. The van der Waals surface area contributed by atoms with Gasteiger partial charge in [-0.05, 0) is 37.1 Å². The molecule has 0 bridgehead atoms. The van der Waals surface area contributed by atoms with E-state index in [2.05, 4.69) is 5.32 Å².